The first-order chi connectivity index (χ1) is 22.2. The van der Waals surface area contributed by atoms with E-state index in [-0.39, 0.29) is 12.0 Å². The number of fused-ring (bicyclic) bond motifs is 10. The molecular formula is C41H44N3OSi+. The summed E-state index contributed by atoms with van der Waals surface area (Å²) < 4.78 is 8.89. The fourth-order valence-corrected chi connectivity index (χ4v) is 10.2. The van der Waals surface area contributed by atoms with Crippen molar-refractivity contribution >= 4 is 41.0 Å². The van der Waals surface area contributed by atoms with E-state index in [0.29, 0.717) is 11.6 Å². The molecule has 46 heavy (non-hydrogen) atoms. The third-order valence-electron chi connectivity index (χ3n) is 10.8. The third kappa shape index (κ3) is 4.74. The highest BCUT2D eigenvalue weighted by atomic mass is 28.3. The van der Waals surface area contributed by atoms with Gasteiger partial charge in [-0.15, -0.1) is 0 Å². The summed E-state index contributed by atoms with van der Waals surface area (Å²) in [6.45, 7) is 18.5. The topological polar surface area (TPSA) is 42.3 Å². The molecule has 232 valence electrons. The van der Waals surface area contributed by atoms with Crippen molar-refractivity contribution in [3.05, 3.63) is 114 Å². The van der Waals surface area contributed by atoms with Gasteiger partial charge in [0.05, 0.1) is 19.7 Å². The maximum absolute atomic E-state index is 6.31. The summed E-state index contributed by atoms with van der Waals surface area (Å²) in [6, 6.07) is 20.3. The van der Waals surface area contributed by atoms with Crippen molar-refractivity contribution in [2.45, 2.75) is 89.4 Å². The first-order valence-corrected chi connectivity index (χ1v) is 20.6. The van der Waals surface area contributed by atoms with E-state index >= 15 is 0 Å². The molecule has 0 N–H and O–H groups in total. The molecule has 3 aliphatic rings. The Hall–Kier alpha value is -4.09. The molecule has 2 unspecified atom stereocenters. The SMILES string of the molecule is C=C/C1=N/C(=C)C2C(CCc3cc4oc5nc(C)ccc5c4cc31)c1ccccc1-c1cc(C3CCCCC3)c([Si](C)(C)C)c[n+]12. The van der Waals surface area contributed by atoms with E-state index in [0.717, 1.165) is 51.9 Å². The summed E-state index contributed by atoms with van der Waals surface area (Å²) in [6.07, 6.45) is 13.0. The molecule has 0 bridgehead atoms. The molecule has 3 aromatic heterocycles. The Labute approximate surface area is 273 Å². The Kier molecular flexibility index (Phi) is 7.02. The highest BCUT2D eigenvalue weighted by Crippen LogP contribution is 2.46. The van der Waals surface area contributed by atoms with Gasteiger partial charge < -0.3 is 4.42 Å². The van der Waals surface area contributed by atoms with Crippen LogP contribution < -0.4 is 9.75 Å². The number of aromatic nitrogens is 2. The molecule has 2 aliphatic heterocycles. The van der Waals surface area contributed by atoms with Gasteiger partial charge in [0.15, 0.2) is 6.20 Å². The molecule has 0 amide bonds. The van der Waals surface area contributed by atoms with Crippen LogP contribution in [0.5, 0.6) is 0 Å². The molecule has 0 spiro atoms. The van der Waals surface area contributed by atoms with Crippen molar-refractivity contribution in [2.75, 3.05) is 0 Å². The van der Waals surface area contributed by atoms with Gasteiger partial charge in [-0.3, -0.25) is 0 Å². The summed E-state index contributed by atoms with van der Waals surface area (Å²) in [5, 5.41) is 3.70. The van der Waals surface area contributed by atoms with E-state index in [4.69, 9.17) is 16.0 Å². The van der Waals surface area contributed by atoms with Crippen molar-refractivity contribution < 1.29 is 8.98 Å². The lowest BCUT2D eigenvalue weighted by molar-refractivity contribution is -0.708. The molecule has 8 rings (SSSR count). The third-order valence-corrected chi connectivity index (χ3v) is 12.9. The maximum atomic E-state index is 6.31. The number of pyridine rings is 2. The number of hydrogen-bond donors (Lipinski definition) is 0. The molecule has 1 fully saturated rings. The minimum Gasteiger partial charge on any atom is -0.438 e. The number of benzene rings is 2. The second-order valence-electron chi connectivity index (χ2n) is 14.8. The molecule has 1 saturated carbocycles. The molecule has 2 atom stereocenters. The molecule has 0 radical (unpaired) electrons. The van der Waals surface area contributed by atoms with Crippen LogP contribution in [0.1, 0.15) is 84.4 Å². The van der Waals surface area contributed by atoms with Crippen molar-refractivity contribution in [3.63, 3.8) is 0 Å². The average Bonchev–Trinajstić information content (AvgIpc) is 3.42. The van der Waals surface area contributed by atoms with Gasteiger partial charge in [-0.25, -0.2) is 9.98 Å². The molecule has 5 aromatic rings. The molecule has 2 aromatic carbocycles. The van der Waals surface area contributed by atoms with Crippen LogP contribution in [0.15, 0.2) is 95.1 Å². The zero-order valence-corrected chi connectivity index (χ0v) is 28.7. The smallest absolute Gasteiger partial charge is 0.227 e. The number of aryl methyl sites for hydroxylation is 2. The molecule has 5 heteroatoms. The van der Waals surface area contributed by atoms with Crippen LogP contribution >= 0.6 is 0 Å². The minimum atomic E-state index is -1.66. The van der Waals surface area contributed by atoms with E-state index in [1.54, 1.807) is 10.8 Å². The molecule has 5 heterocycles. The summed E-state index contributed by atoms with van der Waals surface area (Å²) in [7, 11) is -1.66. The Bertz CT molecular complexity index is 2090. The summed E-state index contributed by atoms with van der Waals surface area (Å²) in [5.74, 6) is 0.899. The number of hydrogen-bond acceptors (Lipinski definition) is 3. The fraction of sp³-hybridized carbons (Fsp3) is 0.341. The van der Waals surface area contributed by atoms with E-state index in [2.05, 4.69) is 96.6 Å². The van der Waals surface area contributed by atoms with Crippen molar-refractivity contribution in [1.82, 2.24) is 4.98 Å². The van der Waals surface area contributed by atoms with Crippen LogP contribution in [0.3, 0.4) is 0 Å². The van der Waals surface area contributed by atoms with Gasteiger partial charge in [0.25, 0.3) is 0 Å². The van der Waals surface area contributed by atoms with E-state index in [1.807, 2.05) is 13.0 Å². The van der Waals surface area contributed by atoms with Gasteiger partial charge >= 0.3 is 0 Å². The number of allylic oxidation sites excluding steroid dienone is 2. The first kappa shape index (κ1) is 29.3. The number of nitrogens with zero attached hydrogens (tertiary/aromatic N) is 3. The van der Waals surface area contributed by atoms with E-state index in [1.165, 1.54) is 54.5 Å². The Morgan fingerprint density at radius 1 is 0.913 bits per heavy atom. The quantitative estimate of drug-likeness (QED) is 0.149. The van der Waals surface area contributed by atoms with Gasteiger partial charge in [-0.2, -0.15) is 4.57 Å². The van der Waals surface area contributed by atoms with Crippen LogP contribution in [0.4, 0.5) is 0 Å². The van der Waals surface area contributed by atoms with Crippen molar-refractivity contribution in [2.24, 2.45) is 4.99 Å². The van der Waals surface area contributed by atoms with Gasteiger partial charge in [-0.1, -0.05) is 70.3 Å². The van der Waals surface area contributed by atoms with Gasteiger partial charge in [0.2, 0.25) is 17.4 Å². The Morgan fingerprint density at radius 3 is 2.50 bits per heavy atom. The average molecular weight is 623 g/mol. The highest BCUT2D eigenvalue weighted by Gasteiger charge is 2.44. The van der Waals surface area contributed by atoms with E-state index < -0.39 is 8.07 Å². The lowest BCUT2D eigenvalue weighted by atomic mass is 9.77. The molecule has 0 saturated heterocycles. The number of furan rings is 1. The number of aliphatic imine (C=N–C) groups is 1. The maximum Gasteiger partial charge on any atom is 0.227 e. The molecular weight excluding hydrogens is 579 g/mol. The standard InChI is InChI=1S/C41H44N3OSi/c1-7-36-33-22-35-32-19-17-25(2)42-41(32)45-38(35)21-28(33)18-20-31-29-15-11-12-16-30(29)37-23-34(27-13-9-8-10-14-27)39(46(4,5)6)24-44(37)40(31)26(3)43-36/h7,11-12,15-17,19,21-24,27,31,40H,1,3,8-10,13-14,18,20H2,2,4-6H3/q+1/b43-36-. The second-order valence-corrected chi connectivity index (χ2v) is 19.8. The van der Waals surface area contributed by atoms with Crippen molar-refractivity contribution in [1.29, 1.82) is 0 Å². The van der Waals surface area contributed by atoms with E-state index in [9.17, 15) is 0 Å². The summed E-state index contributed by atoms with van der Waals surface area (Å²) in [4.78, 5) is 10.0. The minimum absolute atomic E-state index is 0.0284. The zero-order chi connectivity index (χ0) is 31.7. The summed E-state index contributed by atoms with van der Waals surface area (Å²) in [5.41, 5.74) is 12.3. The fourth-order valence-electron chi connectivity index (χ4n) is 8.56. The highest BCUT2D eigenvalue weighted by molar-refractivity contribution is 6.89. The lowest BCUT2D eigenvalue weighted by Crippen LogP contribution is -2.54. The number of rotatable bonds is 3. The first-order valence-electron chi connectivity index (χ1n) is 17.1. The lowest BCUT2D eigenvalue weighted by Gasteiger charge is -2.34. The van der Waals surface area contributed by atoms with Crippen molar-refractivity contribution in [3.8, 4) is 11.3 Å². The normalized spacial score (nSPS) is 21.3. The van der Waals surface area contributed by atoms with Gasteiger partial charge in [0, 0.05) is 38.8 Å². The van der Waals surface area contributed by atoms with Crippen LogP contribution in [0, 0.1) is 6.92 Å². The van der Waals surface area contributed by atoms with Gasteiger partial charge in [0.1, 0.15) is 11.3 Å². The molecule has 4 nitrogen and oxygen atoms in total. The van der Waals surface area contributed by atoms with Crippen LogP contribution in [0.2, 0.25) is 19.6 Å². The van der Waals surface area contributed by atoms with Crippen LogP contribution in [-0.4, -0.2) is 18.8 Å². The largest absolute Gasteiger partial charge is 0.438 e. The van der Waals surface area contributed by atoms with Crippen LogP contribution in [-0.2, 0) is 6.42 Å². The molecule has 1 aliphatic carbocycles. The predicted octanol–water partition coefficient (Wildman–Crippen LogP) is 9.61. The summed E-state index contributed by atoms with van der Waals surface area (Å²) >= 11 is 0. The Balaban J connectivity index is 1.33. The monoisotopic (exact) mass is 622 g/mol. The van der Waals surface area contributed by atoms with Crippen LogP contribution in [0.25, 0.3) is 33.3 Å². The zero-order valence-electron chi connectivity index (χ0n) is 27.7. The Morgan fingerprint density at radius 2 is 1.72 bits per heavy atom. The van der Waals surface area contributed by atoms with Gasteiger partial charge in [-0.05, 0) is 91.6 Å². The predicted molar refractivity (Wildman–Crippen MR) is 193 cm³/mol. The second kappa shape index (κ2) is 11.0.